The number of ether oxygens (including phenoxy) is 5. The smallest absolute Gasteiger partial charge is 0.290 e. The predicted octanol–water partition coefficient (Wildman–Crippen LogP) is 4.18. The van der Waals surface area contributed by atoms with Gasteiger partial charge in [0.15, 0.2) is 23.0 Å². The largest absolute Gasteiger partial charge is 0.493 e. The van der Waals surface area contributed by atoms with Gasteiger partial charge in [-0.3, -0.25) is 18.8 Å². The Morgan fingerprint density at radius 2 is 1.49 bits per heavy atom. The van der Waals surface area contributed by atoms with E-state index in [-0.39, 0.29) is 24.9 Å². The molecule has 2 aromatic carbocycles. The lowest BCUT2D eigenvalue weighted by Crippen LogP contribution is -2.37. The molecule has 0 spiro atoms. The summed E-state index contributed by atoms with van der Waals surface area (Å²) in [7, 11) is 6.15. The van der Waals surface area contributed by atoms with Crippen molar-refractivity contribution in [2.45, 2.75) is 25.8 Å². The van der Waals surface area contributed by atoms with E-state index in [0.29, 0.717) is 97.8 Å². The standard InChI is InChI=1S/C36H41N7O7.CH2O2/c1-46-28-11-9-25-23-30(28)50-22-21-42(35(45)27-24-43-17-7-13-38-36(43)39-27)16-6-5-15-41(19-8-18-40-20-14-37-33(25)40)34(44)26-10-12-29(47-2)32(49-4)31(26)48-3;2-1-3/h7,9-14,17,20,23-24H,5-6,8,15-16,18-19,21-22H2,1-4H3;1H,(H,2,3). The van der Waals surface area contributed by atoms with Gasteiger partial charge in [-0.05, 0) is 55.7 Å². The zero-order chi connectivity index (χ0) is 37.7. The fraction of sp³-hybridized carbons (Fsp3) is 0.351. The lowest BCUT2D eigenvalue weighted by atomic mass is 10.1. The van der Waals surface area contributed by atoms with Crippen molar-refractivity contribution in [3.8, 4) is 40.1 Å². The molecule has 2 amide bonds. The van der Waals surface area contributed by atoms with Crippen LogP contribution in [-0.4, -0.2) is 118 Å². The number of imidazole rings is 2. The van der Waals surface area contributed by atoms with E-state index < -0.39 is 0 Å². The number of nitrogens with zero attached hydrogens (tertiary/aromatic N) is 7. The minimum atomic E-state index is -0.250. The van der Waals surface area contributed by atoms with Crippen LogP contribution < -0.4 is 23.7 Å². The zero-order valence-electron chi connectivity index (χ0n) is 30.1. The van der Waals surface area contributed by atoms with Crippen LogP contribution in [0.5, 0.6) is 28.7 Å². The molecule has 0 aliphatic carbocycles. The number of rotatable bonds is 6. The first-order valence-corrected chi connectivity index (χ1v) is 16.9. The molecule has 16 nitrogen and oxygen atoms in total. The molecule has 0 unspecified atom stereocenters. The maximum absolute atomic E-state index is 14.2. The van der Waals surface area contributed by atoms with Gasteiger partial charge in [0.25, 0.3) is 18.3 Å². The van der Waals surface area contributed by atoms with E-state index >= 15 is 0 Å². The minimum Gasteiger partial charge on any atom is -0.493 e. The van der Waals surface area contributed by atoms with Crippen molar-refractivity contribution >= 4 is 24.1 Å². The second-order valence-corrected chi connectivity index (χ2v) is 11.7. The topological polar surface area (TPSA) is 172 Å². The van der Waals surface area contributed by atoms with Crippen LogP contribution in [0.1, 0.15) is 40.1 Å². The zero-order valence-corrected chi connectivity index (χ0v) is 30.1. The summed E-state index contributed by atoms with van der Waals surface area (Å²) in [5.74, 6) is 3.04. The number of hydrogen-bond acceptors (Lipinski definition) is 11. The van der Waals surface area contributed by atoms with E-state index in [1.54, 1.807) is 59.4 Å². The first kappa shape index (κ1) is 37.9. The van der Waals surface area contributed by atoms with Crippen LogP contribution in [-0.2, 0) is 11.3 Å². The highest BCUT2D eigenvalue weighted by atomic mass is 16.5. The summed E-state index contributed by atoms with van der Waals surface area (Å²) in [6.07, 6.45) is 10.7. The van der Waals surface area contributed by atoms with E-state index in [0.717, 1.165) is 11.4 Å². The molecular formula is C37H43N7O9. The lowest BCUT2D eigenvalue weighted by molar-refractivity contribution is -0.122. The van der Waals surface area contributed by atoms with Crippen molar-refractivity contribution in [2.75, 3.05) is 61.2 Å². The van der Waals surface area contributed by atoms with E-state index in [2.05, 4.69) is 19.5 Å². The molecule has 16 heteroatoms. The number of methoxy groups -OCH3 is 4. The summed E-state index contributed by atoms with van der Waals surface area (Å²) in [6.45, 7) is 2.25. The number of benzene rings is 2. The number of carboxylic acid groups (broad SMARTS) is 1. The van der Waals surface area contributed by atoms with Crippen LogP contribution in [0.3, 0.4) is 0 Å². The van der Waals surface area contributed by atoms with E-state index in [9.17, 15) is 9.59 Å². The Balaban J connectivity index is 0.00000175. The van der Waals surface area contributed by atoms with Crippen molar-refractivity contribution in [3.05, 3.63) is 78.6 Å². The molecule has 6 rings (SSSR count). The van der Waals surface area contributed by atoms with Crippen molar-refractivity contribution < 1.29 is 43.2 Å². The molecule has 280 valence electrons. The molecule has 3 aromatic heterocycles. The third-order valence-electron chi connectivity index (χ3n) is 8.65. The highest BCUT2D eigenvalue weighted by molar-refractivity contribution is 5.98. The number of carbonyl (C=O) groups excluding carboxylic acids is 2. The molecule has 2 bridgehead atoms. The normalized spacial score (nSPS) is 13.7. The summed E-state index contributed by atoms with van der Waals surface area (Å²) < 4.78 is 32.3. The first-order chi connectivity index (χ1) is 25.9. The van der Waals surface area contributed by atoms with Crippen LogP contribution >= 0.6 is 0 Å². The van der Waals surface area contributed by atoms with Gasteiger partial charge < -0.3 is 43.2 Å². The van der Waals surface area contributed by atoms with E-state index in [1.165, 1.54) is 21.3 Å². The first-order valence-electron chi connectivity index (χ1n) is 16.9. The second-order valence-electron chi connectivity index (χ2n) is 11.7. The molecule has 5 aromatic rings. The fourth-order valence-electron chi connectivity index (χ4n) is 6.15. The Morgan fingerprint density at radius 1 is 0.792 bits per heavy atom. The molecule has 1 aliphatic rings. The SMILES string of the molecule is COc1ccc2cc1OCCN(C(=O)c1cn3cccnc3n1)CCCCN(C(=O)c1ccc(OC)c(OC)c1OC)CCCn1ccnc1-2.O=CO. The predicted molar refractivity (Wildman–Crippen MR) is 193 cm³/mol. The monoisotopic (exact) mass is 729 g/mol. The molecular weight excluding hydrogens is 686 g/mol. The summed E-state index contributed by atoms with van der Waals surface area (Å²) >= 11 is 0. The van der Waals surface area contributed by atoms with Crippen LogP contribution in [0.2, 0.25) is 0 Å². The van der Waals surface area contributed by atoms with Gasteiger partial charge in [0.1, 0.15) is 18.1 Å². The molecule has 0 fully saturated rings. The lowest BCUT2D eigenvalue weighted by Gasteiger charge is -2.26. The highest BCUT2D eigenvalue weighted by Crippen LogP contribution is 2.40. The quantitative estimate of drug-likeness (QED) is 0.248. The fourth-order valence-corrected chi connectivity index (χ4v) is 6.15. The van der Waals surface area contributed by atoms with Gasteiger partial charge in [-0.2, -0.15) is 0 Å². The van der Waals surface area contributed by atoms with Gasteiger partial charge in [0.05, 0.1) is 40.5 Å². The van der Waals surface area contributed by atoms with Gasteiger partial charge in [-0.25, -0.2) is 15.0 Å². The average molecular weight is 730 g/mol. The molecule has 0 saturated heterocycles. The number of aryl methyl sites for hydroxylation is 1. The third-order valence-corrected chi connectivity index (χ3v) is 8.65. The number of carbonyl (C=O) groups is 3. The Hall–Kier alpha value is -6.32. The summed E-state index contributed by atoms with van der Waals surface area (Å²) in [5, 5.41) is 6.89. The Morgan fingerprint density at radius 3 is 2.19 bits per heavy atom. The second kappa shape index (κ2) is 18.3. The van der Waals surface area contributed by atoms with Gasteiger partial charge in [-0.15, -0.1) is 0 Å². The molecule has 1 aliphatic heterocycles. The van der Waals surface area contributed by atoms with Crippen molar-refractivity contribution in [3.63, 3.8) is 0 Å². The Labute approximate surface area is 306 Å². The van der Waals surface area contributed by atoms with Crippen molar-refractivity contribution in [1.29, 1.82) is 0 Å². The van der Waals surface area contributed by atoms with Crippen LogP contribution in [0.4, 0.5) is 0 Å². The maximum Gasteiger partial charge on any atom is 0.290 e. The third kappa shape index (κ3) is 8.77. The number of aromatic nitrogens is 5. The molecule has 0 radical (unpaired) electrons. The molecule has 4 heterocycles. The average Bonchev–Trinajstić information content (AvgIpc) is 3.84. The minimum absolute atomic E-state index is 0.190. The summed E-state index contributed by atoms with van der Waals surface area (Å²) in [6, 6.07) is 10.9. The van der Waals surface area contributed by atoms with Gasteiger partial charge >= 0.3 is 0 Å². The van der Waals surface area contributed by atoms with Gasteiger partial charge in [-0.1, -0.05) is 0 Å². The van der Waals surface area contributed by atoms with Gasteiger partial charge in [0.2, 0.25) is 11.5 Å². The van der Waals surface area contributed by atoms with Gasteiger partial charge in [0, 0.05) is 62.7 Å². The summed E-state index contributed by atoms with van der Waals surface area (Å²) in [5.41, 5.74) is 1.51. The Bertz CT molecular complexity index is 1980. The maximum atomic E-state index is 14.2. The van der Waals surface area contributed by atoms with E-state index in [4.69, 9.17) is 33.6 Å². The Kier molecular flexibility index (Phi) is 13.1. The van der Waals surface area contributed by atoms with E-state index in [1.807, 2.05) is 29.3 Å². The van der Waals surface area contributed by atoms with Crippen LogP contribution in [0, 0.1) is 0 Å². The van der Waals surface area contributed by atoms with Crippen LogP contribution in [0.25, 0.3) is 17.2 Å². The summed E-state index contributed by atoms with van der Waals surface area (Å²) in [4.78, 5) is 53.3. The molecule has 53 heavy (non-hydrogen) atoms. The number of fused-ring (bicyclic) bond motifs is 5. The molecule has 0 atom stereocenters. The molecule has 0 saturated carbocycles. The molecule has 1 N–H and O–H groups in total. The highest BCUT2D eigenvalue weighted by Gasteiger charge is 2.26. The van der Waals surface area contributed by atoms with Crippen molar-refractivity contribution in [2.24, 2.45) is 0 Å². The number of amides is 2. The van der Waals surface area contributed by atoms with Crippen molar-refractivity contribution in [1.82, 2.24) is 33.7 Å². The number of hydrogen-bond donors (Lipinski definition) is 1. The van der Waals surface area contributed by atoms with Crippen LogP contribution in [0.15, 0.2) is 67.4 Å².